The van der Waals surface area contributed by atoms with Crippen molar-refractivity contribution in [3.05, 3.63) is 107 Å². The fraction of sp³-hybridized carbons (Fsp3) is 0.150. The molecule has 0 aromatic heterocycles. The topological polar surface area (TPSA) is 147 Å². The minimum absolute atomic E-state index is 0.254. The Morgan fingerprint density at radius 3 is 1.24 bits per heavy atom. The van der Waals surface area contributed by atoms with E-state index in [-0.39, 0.29) is 22.6 Å². The summed E-state index contributed by atoms with van der Waals surface area (Å²) in [6.07, 6.45) is 0. The van der Waals surface area contributed by atoms with Gasteiger partial charge >= 0.3 is 0 Å². The first-order chi connectivity index (χ1) is 24.1. The molecule has 0 aliphatic rings. The van der Waals surface area contributed by atoms with Crippen LogP contribution in [0, 0.1) is 13.8 Å². The van der Waals surface area contributed by atoms with Crippen molar-refractivity contribution in [1.82, 2.24) is 0 Å². The second-order valence-electron chi connectivity index (χ2n) is 11.9. The SMILES string of the molecule is COc1c(N)cc(C)cc1NC(=O)c1cc2ccccc2c(-c2c(OC)c(C(=O)Nc3cc(C)cc(N)c3OC)cc3ccccc23)c1OC. The maximum Gasteiger partial charge on any atom is 0.259 e. The molecule has 0 spiro atoms. The van der Waals surface area contributed by atoms with E-state index in [1.807, 2.05) is 62.4 Å². The Morgan fingerprint density at radius 1 is 0.520 bits per heavy atom. The summed E-state index contributed by atoms with van der Waals surface area (Å²) < 4.78 is 23.3. The second-order valence-corrected chi connectivity index (χ2v) is 11.9. The summed E-state index contributed by atoms with van der Waals surface area (Å²) in [4.78, 5) is 28.4. The van der Waals surface area contributed by atoms with Crippen molar-refractivity contribution in [2.75, 3.05) is 50.5 Å². The standard InChI is InChI=1S/C40H38N4O6/c1-21-15-29(41)37(49-5)31(17-21)43-39(45)27-19-23-11-7-9-13-25(23)33(35(27)47-3)34-26-14-10-8-12-24(26)20-28(36(34)48-4)40(46)44-32-18-22(2)16-30(42)38(32)50-6/h7-20H,41-42H2,1-6H3,(H,43,45)(H,44,46). The normalized spacial score (nSPS) is 10.9. The Balaban J connectivity index is 1.61. The van der Waals surface area contributed by atoms with Crippen LogP contribution in [0.3, 0.4) is 0 Å². The highest BCUT2D eigenvalue weighted by molar-refractivity contribution is 6.19. The third-order valence-electron chi connectivity index (χ3n) is 8.58. The number of amides is 2. The number of hydrogen-bond acceptors (Lipinski definition) is 8. The van der Waals surface area contributed by atoms with Crippen LogP contribution in [0.25, 0.3) is 32.7 Å². The number of anilines is 4. The molecule has 0 atom stereocenters. The van der Waals surface area contributed by atoms with Crippen LogP contribution < -0.4 is 41.0 Å². The molecule has 0 bridgehead atoms. The lowest BCUT2D eigenvalue weighted by Crippen LogP contribution is -2.16. The second kappa shape index (κ2) is 13.6. The number of nitrogens with one attached hydrogen (secondary N) is 2. The first-order valence-electron chi connectivity index (χ1n) is 15.8. The van der Waals surface area contributed by atoms with E-state index < -0.39 is 11.8 Å². The predicted molar refractivity (Wildman–Crippen MR) is 200 cm³/mol. The van der Waals surface area contributed by atoms with E-state index in [0.29, 0.717) is 45.4 Å². The highest BCUT2D eigenvalue weighted by Gasteiger charge is 2.28. The molecule has 0 saturated carbocycles. The van der Waals surface area contributed by atoms with E-state index >= 15 is 0 Å². The van der Waals surface area contributed by atoms with Gasteiger partial charge in [-0.25, -0.2) is 0 Å². The minimum Gasteiger partial charge on any atom is -0.495 e. The van der Waals surface area contributed by atoms with Gasteiger partial charge in [-0.15, -0.1) is 0 Å². The average molecular weight is 671 g/mol. The van der Waals surface area contributed by atoms with E-state index in [9.17, 15) is 9.59 Å². The molecule has 10 heteroatoms. The van der Waals surface area contributed by atoms with Crippen LogP contribution in [0.2, 0.25) is 0 Å². The smallest absolute Gasteiger partial charge is 0.259 e. The molecule has 0 aliphatic heterocycles. The zero-order valence-electron chi connectivity index (χ0n) is 28.7. The van der Waals surface area contributed by atoms with E-state index in [2.05, 4.69) is 10.6 Å². The molecule has 0 unspecified atom stereocenters. The number of carbonyl (C=O) groups is 2. The lowest BCUT2D eigenvalue weighted by Gasteiger charge is -2.22. The molecule has 0 fully saturated rings. The number of carbonyl (C=O) groups excluding carboxylic acids is 2. The number of fused-ring (bicyclic) bond motifs is 2. The molecule has 6 aromatic carbocycles. The van der Waals surface area contributed by atoms with Gasteiger partial charge in [-0.3, -0.25) is 9.59 Å². The highest BCUT2D eigenvalue weighted by Crippen LogP contribution is 2.49. The summed E-state index contributed by atoms with van der Waals surface area (Å²) in [5.41, 5.74) is 17.4. The van der Waals surface area contributed by atoms with Crippen LogP contribution in [0.15, 0.2) is 84.9 Å². The van der Waals surface area contributed by atoms with Gasteiger partial charge in [-0.2, -0.15) is 0 Å². The van der Waals surface area contributed by atoms with E-state index in [0.717, 1.165) is 32.7 Å². The molecule has 0 radical (unpaired) electrons. The zero-order valence-corrected chi connectivity index (χ0v) is 28.7. The van der Waals surface area contributed by atoms with Gasteiger partial charge in [0.15, 0.2) is 11.5 Å². The van der Waals surface area contributed by atoms with E-state index in [1.165, 1.54) is 28.4 Å². The number of nitrogen functional groups attached to an aromatic ring is 2. The Labute approximate surface area is 289 Å². The van der Waals surface area contributed by atoms with Crippen molar-refractivity contribution in [1.29, 1.82) is 0 Å². The summed E-state index contributed by atoms with van der Waals surface area (Å²) in [7, 11) is 6.01. The van der Waals surface area contributed by atoms with Crippen LogP contribution in [0.5, 0.6) is 23.0 Å². The monoisotopic (exact) mass is 670 g/mol. The van der Waals surface area contributed by atoms with Gasteiger partial charge in [-0.05, 0) is 82.9 Å². The molecule has 0 saturated heterocycles. The molecule has 6 rings (SSSR count). The number of benzene rings is 6. The Bertz CT molecular complexity index is 2150. The quantitative estimate of drug-likeness (QED) is 0.113. The van der Waals surface area contributed by atoms with Gasteiger partial charge < -0.3 is 41.0 Å². The molecule has 6 N–H and O–H groups in total. The highest BCUT2D eigenvalue weighted by atomic mass is 16.5. The van der Waals surface area contributed by atoms with Crippen molar-refractivity contribution in [2.45, 2.75) is 13.8 Å². The maximum atomic E-state index is 14.2. The third kappa shape index (κ3) is 5.92. The summed E-state index contributed by atoms with van der Waals surface area (Å²) in [5, 5.41) is 9.06. The summed E-state index contributed by atoms with van der Waals surface area (Å²) >= 11 is 0. The number of rotatable bonds is 9. The van der Waals surface area contributed by atoms with Gasteiger partial charge in [0.05, 0.1) is 62.3 Å². The van der Waals surface area contributed by atoms with Crippen LogP contribution in [0.1, 0.15) is 31.8 Å². The Hall–Kier alpha value is -6.42. The average Bonchev–Trinajstić information content (AvgIpc) is 3.09. The molecular formula is C40H38N4O6. The van der Waals surface area contributed by atoms with Crippen LogP contribution >= 0.6 is 0 Å². The number of aryl methyl sites for hydroxylation is 2. The summed E-state index contributed by atoms with van der Waals surface area (Å²) in [5.74, 6) is 0.381. The lowest BCUT2D eigenvalue weighted by atomic mass is 9.88. The molecule has 6 aromatic rings. The van der Waals surface area contributed by atoms with Crippen LogP contribution in [-0.2, 0) is 0 Å². The largest absolute Gasteiger partial charge is 0.495 e. The van der Waals surface area contributed by atoms with Crippen molar-refractivity contribution in [3.63, 3.8) is 0 Å². The molecule has 50 heavy (non-hydrogen) atoms. The fourth-order valence-electron chi connectivity index (χ4n) is 6.54. The summed E-state index contributed by atoms with van der Waals surface area (Å²) in [6.45, 7) is 3.76. The molecule has 0 aliphatic carbocycles. The van der Waals surface area contributed by atoms with Crippen molar-refractivity contribution < 1.29 is 28.5 Å². The maximum absolute atomic E-state index is 14.2. The molecule has 10 nitrogen and oxygen atoms in total. The molecule has 254 valence electrons. The molecular weight excluding hydrogens is 632 g/mol. The van der Waals surface area contributed by atoms with Crippen molar-refractivity contribution >= 4 is 56.1 Å². The molecule has 2 amide bonds. The van der Waals surface area contributed by atoms with Crippen LogP contribution in [0.4, 0.5) is 22.7 Å². The van der Waals surface area contributed by atoms with Crippen molar-refractivity contribution in [3.8, 4) is 34.1 Å². The zero-order chi connectivity index (χ0) is 35.7. The van der Waals surface area contributed by atoms with Gasteiger partial charge in [0.1, 0.15) is 11.5 Å². The van der Waals surface area contributed by atoms with Crippen molar-refractivity contribution in [2.24, 2.45) is 0 Å². The lowest BCUT2D eigenvalue weighted by molar-refractivity contribution is 0.101. The van der Waals surface area contributed by atoms with Crippen LogP contribution in [-0.4, -0.2) is 40.3 Å². The van der Waals surface area contributed by atoms with Gasteiger partial charge in [0.2, 0.25) is 0 Å². The van der Waals surface area contributed by atoms with Gasteiger partial charge in [0.25, 0.3) is 11.8 Å². The summed E-state index contributed by atoms with van der Waals surface area (Å²) in [6, 6.07) is 26.0. The molecule has 0 heterocycles. The number of methoxy groups -OCH3 is 4. The Morgan fingerprint density at radius 2 is 0.880 bits per heavy atom. The Kier molecular flexibility index (Phi) is 9.10. The first-order valence-corrected chi connectivity index (χ1v) is 15.8. The number of ether oxygens (including phenoxy) is 4. The fourth-order valence-corrected chi connectivity index (χ4v) is 6.54. The number of nitrogens with two attached hydrogens (primary N) is 2. The predicted octanol–water partition coefficient (Wildman–Crippen LogP) is 7.98. The van der Waals surface area contributed by atoms with Gasteiger partial charge in [0, 0.05) is 11.1 Å². The minimum atomic E-state index is -0.446. The third-order valence-corrected chi connectivity index (χ3v) is 8.58. The van der Waals surface area contributed by atoms with Gasteiger partial charge in [-0.1, -0.05) is 48.5 Å². The first kappa shape index (κ1) is 33.5. The van der Waals surface area contributed by atoms with E-state index in [1.54, 1.807) is 36.4 Å². The van der Waals surface area contributed by atoms with E-state index in [4.69, 9.17) is 30.4 Å². The number of hydrogen-bond donors (Lipinski definition) is 4.